The van der Waals surface area contributed by atoms with Crippen molar-refractivity contribution in [1.82, 2.24) is 14.9 Å². The summed E-state index contributed by atoms with van der Waals surface area (Å²) in [5.41, 5.74) is 1.62. The van der Waals surface area contributed by atoms with Gasteiger partial charge in [0.25, 0.3) is 5.56 Å². The van der Waals surface area contributed by atoms with Gasteiger partial charge in [0.2, 0.25) is 0 Å². The van der Waals surface area contributed by atoms with Crippen molar-refractivity contribution in [2.45, 2.75) is 109 Å². The van der Waals surface area contributed by atoms with E-state index in [0.29, 0.717) is 0 Å². The Morgan fingerprint density at radius 3 is 2.08 bits per heavy atom. The molecule has 2 fully saturated rings. The average molecular weight is 844 g/mol. The Bertz CT molecular complexity index is 2680. The molecule has 0 spiro atoms. The predicted molar refractivity (Wildman–Crippen MR) is 239 cm³/mol. The number of ether oxygens (including phenoxy) is 2. The number of hydrogen-bond donors (Lipinski definition) is 2. The van der Waals surface area contributed by atoms with Crippen LogP contribution >= 0.6 is 0 Å². The summed E-state index contributed by atoms with van der Waals surface area (Å²) >= 11 is 0. The molecule has 5 aromatic carbocycles. The van der Waals surface area contributed by atoms with E-state index in [9.17, 15) is 14.4 Å². The van der Waals surface area contributed by atoms with Crippen LogP contribution in [0.5, 0.6) is 0 Å². The number of rotatable bonds is 8. The minimum absolute atomic E-state index is 0.00191. The third-order valence-corrected chi connectivity index (χ3v) is 22.5. The van der Waals surface area contributed by atoms with E-state index >= 15 is 0 Å². The van der Waals surface area contributed by atoms with Gasteiger partial charge in [-0.1, -0.05) is 128 Å². The molecule has 2 saturated heterocycles. The predicted octanol–water partition coefficient (Wildman–Crippen LogP) is 8.98. The molecule has 4 atom stereocenters. The fourth-order valence-corrected chi connectivity index (χ4v) is 20.3. The van der Waals surface area contributed by atoms with Crippen molar-refractivity contribution in [3.63, 3.8) is 0 Å². The van der Waals surface area contributed by atoms with Gasteiger partial charge in [0.05, 0.1) is 6.61 Å². The Morgan fingerprint density at radius 2 is 1.43 bits per heavy atom. The van der Waals surface area contributed by atoms with Crippen molar-refractivity contribution in [3.05, 3.63) is 129 Å². The summed E-state index contributed by atoms with van der Waals surface area (Å²) in [5, 5.41) is 10.1. The van der Waals surface area contributed by atoms with Crippen LogP contribution in [0.1, 0.15) is 78.3 Å². The van der Waals surface area contributed by atoms with Crippen LogP contribution in [0.25, 0.3) is 32.3 Å². The summed E-state index contributed by atoms with van der Waals surface area (Å²) in [6.45, 7) is 17.3. The zero-order valence-corrected chi connectivity index (χ0v) is 37.4. The third kappa shape index (κ3) is 7.50. The minimum atomic E-state index is -3.16. The normalized spacial score (nSPS) is 21.3. The number of aromatic amines is 1. The molecule has 2 N–H and O–H groups in total. The van der Waals surface area contributed by atoms with Gasteiger partial charge in [0.1, 0.15) is 12.2 Å². The van der Waals surface area contributed by atoms with Crippen molar-refractivity contribution < 1.29 is 27.2 Å². The molecule has 0 aliphatic carbocycles. The number of alkyl carbamates (subject to hydrolysis) is 1. The fourth-order valence-electron chi connectivity index (χ4n) is 9.13. The fraction of sp³-hybridized carbons (Fsp3) is 0.383. The van der Waals surface area contributed by atoms with Crippen molar-refractivity contribution in [2.75, 3.05) is 6.61 Å². The summed E-state index contributed by atoms with van der Waals surface area (Å²) in [5.74, 6) is 6.72. The number of carbonyl (C=O) groups is 1. The van der Waals surface area contributed by atoms with E-state index in [1.807, 2.05) is 24.3 Å². The second-order valence-corrected chi connectivity index (χ2v) is 26.1. The molecule has 1 amide bonds. The van der Waals surface area contributed by atoms with Gasteiger partial charge in [0, 0.05) is 29.9 Å². The van der Waals surface area contributed by atoms with Gasteiger partial charge in [0.15, 0.2) is 12.3 Å². The molecule has 11 nitrogen and oxygen atoms in total. The number of nitrogens with zero attached hydrogens (tertiary/aromatic N) is 1. The molecule has 0 bridgehead atoms. The van der Waals surface area contributed by atoms with E-state index < -0.39 is 59.0 Å². The molecule has 2 aliphatic heterocycles. The second-order valence-electron chi connectivity index (χ2n) is 17.3. The van der Waals surface area contributed by atoms with Crippen LogP contribution in [-0.2, 0) is 29.0 Å². The first-order chi connectivity index (χ1) is 28.7. The van der Waals surface area contributed by atoms with Crippen LogP contribution in [0.4, 0.5) is 4.79 Å². The molecule has 13 heteroatoms. The number of aromatic nitrogens is 2. The van der Waals surface area contributed by atoms with E-state index in [0.717, 1.165) is 22.1 Å². The lowest BCUT2D eigenvalue weighted by molar-refractivity contribution is -0.0609. The lowest BCUT2D eigenvalue weighted by Crippen LogP contribution is -2.66. The van der Waals surface area contributed by atoms with Gasteiger partial charge in [-0.15, -0.1) is 0 Å². The van der Waals surface area contributed by atoms with Gasteiger partial charge in [-0.3, -0.25) is 14.3 Å². The highest BCUT2D eigenvalue weighted by Gasteiger charge is 2.62. The van der Waals surface area contributed by atoms with Crippen molar-refractivity contribution in [2.24, 2.45) is 0 Å². The van der Waals surface area contributed by atoms with Gasteiger partial charge >= 0.3 is 28.9 Å². The molecule has 312 valence electrons. The maximum absolute atomic E-state index is 13.7. The number of hydrogen-bond acceptors (Lipinski definition) is 8. The molecule has 0 unspecified atom stereocenters. The molecule has 3 heterocycles. The Morgan fingerprint density at radius 1 is 0.800 bits per heavy atom. The van der Waals surface area contributed by atoms with Crippen LogP contribution in [-0.4, -0.2) is 57.7 Å². The maximum atomic E-state index is 13.7. The zero-order valence-electron chi connectivity index (χ0n) is 35.4. The van der Waals surface area contributed by atoms with Crippen LogP contribution in [0.3, 0.4) is 0 Å². The van der Waals surface area contributed by atoms with E-state index in [4.69, 9.17) is 22.4 Å². The smallest absolute Gasteiger partial charge is 0.407 e. The lowest BCUT2D eigenvalue weighted by atomic mass is 9.92. The van der Waals surface area contributed by atoms with Gasteiger partial charge in [-0.2, -0.15) is 0 Å². The van der Waals surface area contributed by atoms with Crippen molar-refractivity contribution in [3.8, 4) is 11.8 Å². The van der Waals surface area contributed by atoms with Gasteiger partial charge in [-0.25, -0.2) is 9.59 Å². The van der Waals surface area contributed by atoms with E-state index in [2.05, 4.69) is 132 Å². The average Bonchev–Trinajstić information content (AvgIpc) is 3.53. The van der Waals surface area contributed by atoms with Gasteiger partial charge < -0.3 is 27.8 Å². The van der Waals surface area contributed by atoms with Crippen molar-refractivity contribution >= 4 is 55.5 Å². The number of H-pyrrole nitrogens is 1. The Kier molecular flexibility index (Phi) is 11.4. The second kappa shape index (κ2) is 16.4. The molecule has 0 radical (unpaired) electrons. The summed E-state index contributed by atoms with van der Waals surface area (Å²) in [6.07, 6.45) is -3.08. The molecule has 6 aromatic rings. The zero-order chi connectivity index (χ0) is 42.5. The summed E-state index contributed by atoms with van der Waals surface area (Å²) in [7, 11) is -6.06. The number of benzene rings is 5. The molecule has 60 heavy (non-hydrogen) atoms. The number of fused-ring (bicyclic) bond motifs is 1. The lowest BCUT2D eigenvalue weighted by Gasteiger charge is -2.51. The molecular formula is C47H53N3O8Si2. The first kappa shape index (κ1) is 41.6. The Labute approximate surface area is 352 Å². The van der Waals surface area contributed by atoms with E-state index in [1.54, 1.807) is 0 Å². The van der Waals surface area contributed by atoms with Crippen LogP contribution in [0, 0.1) is 11.8 Å². The monoisotopic (exact) mass is 843 g/mol. The number of amides is 1. The highest BCUT2D eigenvalue weighted by Crippen LogP contribution is 2.49. The van der Waals surface area contributed by atoms with E-state index in [1.165, 1.54) is 43.8 Å². The molecular weight excluding hydrogens is 791 g/mol. The maximum Gasteiger partial charge on any atom is 0.407 e. The highest BCUT2D eigenvalue weighted by atomic mass is 28.5. The third-order valence-electron chi connectivity index (χ3n) is 12.2. The van der Waals surface area contributed by atoms with Crippen LogP contribution in [0.2, 0.25) is 22.2 Å². The number of nitrogens with one attached hydrogen (secondary N) is 2. The molecule has 8 rings (SSSR count). The first-order valence-electron chi connectivity index (χ1n) is 20.9. The van der Waals surface area contributed by atoms with Crippen LogP contribution < -0.4 is 16.6 Å². The largest absolute Gasteiger partial charge is 0.439 e. The molecule has 1 aromatic heterocycles. The Hall–Kier alpha value is -5.08. The summed E-state index contributed by atoms with van der Waals surface area (Å²) in [6, 6.07) is 28.2. The van der Waals surface area contributed by atoms with Crippen LogP contribution in [0.15, 0.2) is 101 Å². The highest BCUT2D eigenvalue weighted by molar-refractivity contribution is 6.84. The quantitative estimate of drug-likeness (QED) is 0.0883. The molecule has 0 saturated carbocycles. The summed E-state index contributed by atoms with van der Waals surface area (Å²) in [4.78, 5) is 41.3. The molecule has 2 aliphatic rings. The SMILES string of the molecule is CC(C)[Si]1(C(C)C)OC[C@H]2O[C@@H](n3ccc(=O)[nH]c3=O)[C@H](OC(=O)NCc3ccc(C#Cc4ccc5ccc6cccc7ccc4c5c67)cc3)[C@@H]2O[Si](C(C)C)(C(C)C)O1. The standard InChI is InChI=1S/C47H53N3O8Si2/c1-28(2)59(29(3)4)54-27-39-43(57-60(58-59,30(5)6)31(7)8)44(45(55-39)50-25-24-40(51)49-46(50)52)56-47(53)48-26-33-14-12-32(13-15-33)16-17-34-18-19-37-21-20-35-10-9-11-36-22-23-38(34)42(37)41(35)36/h9-15,18-25,28-31,39,43-45H,26-27H2,1-8H3,(H,48,53)(H,49,51,52)/t39-,43-,44-,45-/m1/s1. The van der Waals surface area contributed by atoms with Gasteiger partial charge in [-0.05, 0) is 78.2 Å². The first-order valence-corrected chi connectivity index (χ1v) is 24.9. The number of carbonyl (C=O) groups excluding carboxylic acids is 1. The topological polar surface area (TPSA) is 130 Å². The summed E-state index contributed by atoms with van der Waals surface area (Å²) < 4.78 is 35.5. The minimum Gasteiger partial charge on any atom is -0.439 e. The Balaban J connectivity index is 1.02. The van der Waals surface area contributed by atoms with E-state index in [-0.39, 0.29) is 35.3 Å². The van der Waals surface area contributed by atoms with Crippen molar-refractivity contribution in [1.29, 1.82) is 0 Å².